The summed E-state index contributed by atoms with van der Waals surface area (Å²) < 4.78 is 29.1. The maximum absolute atomic E-state index is 15.5. The Morgan fingerprint density at radius 3 is 2.89 bits per heavy atom. The Bertz CT molecular complexity index is 1450. The van der Waals surface area contributed by atoms with E-state index in [1.165, 1.54) is 6.33 Å². The Morgan fingerprint density at radius 2 is 2.11 bits per heavy atom. The van der Waals surface area contributed by atoms with E-state index in [-0.39, 0.29) is 12.5 Å². The molecule has 4 N–H and O–H groups in total. The molecule has 2 aliphatic heterocycles. The normalized spacial score (nSPS) is 26.3. The lowest BCUT2D eigenvalue weighted by molar-refractivity contribution is -0.0411. The Kier molecular flexibility index (Phi) is 6.06. The number of likely N-dealkylation sites (tertiary alicyclic amines) is 1. The van der Waals surface area contributed by atoms with Crippen LogP contribution in [0.25, 0.3) is 21.9 Å². The molecule has 6 rings (SSSR count). The third-order valence-electron chi connectivity index (χ3n) is 7.40. The van der Waals surface area contributed by atoms with Gasteiger partial charge in [0.1, 0.15) is 48.2 Å². The number of nitrogens with zero attached hydrogens (tertiary/aromatic N) is 5. The molecule has 0 spiro atoms. The summed E-state index contributed by atoms with van der Waals surface area (Å²) in [6.07, 6.45) is -0.779. The topological polar surface area (TPSA) is 124 Å². The lowest BCUT2D eigenvalue weighted by Crippen LogP contribution is -2.32. The van der Waals surface area contributed by atoms with Crippen molar-refractivity contribution in [3.8, 4) is 5.75 Å². The molecule has 2 aliphatic rings. The molecule has 37 heavy (non-hydrogen) atoms. The van der Waals surface area contributed by atoms with Gasteiger partial charge in [0.05, 0.1) is 10.9 Å². The molecule has 3 aromatic heterocycles. The number of rotatable bonds is 6. The van der Waals surface area contributed by atoms with E-state index < -0.39 is 24.6 Å². The van der Waals surface area contributed by atoms with Gasteiger partial charge in [0.15, 0.2) is 12.4 Å². The first-order valence-corrected chi connectivity index (χ1v) is 12.4. The fraction of sp³-hybridized carbons (Fsp3) is 0.423. The summed E-state index contributed by atoms with van der Waals surface area (Å²) >= 11 is 0. The van der Waals surface area contributed by atoms with Crippen LogP contribution in [-0.2, 0) is 4.74 Å². The number of hydrogen-bond acceptors (Lipinski definition) is 9. The van der Waals surface area contributed by atoms with Gasteiger partial charge in [-0.2, -0.15) is 0 Å². The quantitative estimate of drug-likeness (QED) is 0.361. The smallest absolute Gasteiger partial charge is 0.173 e. The molecule has 0 amide bonds. The van der Waals surface area contributed by atoms with Crippen molar-refractivity contribution in [3.05, 3.63) is 48.4 Å². The van der Waals surface area contributed by atoms with E-state index in [1.54, 1.807) is 11.6 Å². The number of fused-ring (bicyclic) bond motifs is 2. The number of hydrogen-bond donors (Lipinski definition) is 3. The van der Waals surface area contributed by atoms with Crippen molar-refractivity contribution in [2.75, 3.05) is 44.8 Å². The van der Waals surface area contributed by atoms with Crippen LogP contribution in [0.2, 0.25) is 0 Å². The molecule has 2 saturated heterocycles. The average molecular weight is 508 g/mol. The number of benzene rings is 1. The minimum absolute atomic E-state index is 0.0219. The molecular formula is C26H30FN7O3. The number of aromatic nitrogens is 4. The van der Waals surface area contributed by atoms with E-state index in [2.05, 4.69) is 32.2 Å². The maximum Gasteiger partial charge on any atom is 0.173 e. The number of nitrogen functional groups attached to an aromatic ring is 1. The average Bonchev–Trinajstić information content (AvgIpc) is 3.59. The highest BCUT2D eigenvalue weighted by Gasteiger charge is 2.46. The van der Waals surface area contributed by atoms with Crippen molar-refractivity contribution in [2.45, 2.75) is 36.9 Å². The van der Waals surface area contributed by atoms with Crippen molar-refractivity contribution in [2.24, 2.45) is 0 Å². The van der Waals surface area contributed by atoms with Crippen LogP contribution in [0.15, 0.2) is 42.9 Å². The number of aliphatic hydroxyl groups is 1. The summed E-state index contributed by atoms with van der Waals surface area (Å²) in [4.78, 5) is 15.3. The number of ether oxygens (including phenoxy) is 2. The molecular weight excluding hydrogens is 477 g/mol. The molecule has 1 aromatic carbocycles. The Morgan fingerprint density at radius 1 is 1.27 bits per heavy atom. The van der Waals surface area contributed by atoms with Crippen molar-refractivity contribution in [3.63, 3.8) is 0 Å². The van der Waals surface area contributed by atoms with Crippen LogP contribution in [0.4, 0.5) is 16.0 Å². The largest absolute Gasteiger partial charge is 0.491 e. The predicted octanol–water partition coefficient (Wildman–Crippen LogP) is 2.70. The van der Waals surface area contributed by atoms with Gasteiger partial charge in [-0.1, -0.05) is 0 Å². The molecule has 0 aliphatic carbocycles. The number of anilines is 2. The SMILES string of the molecule is CNc1ccc2ccc(OC[C@H]3O[C@@H](n4cc(C5CCN(C)C5)c5c(N)ncnc54)[C@@H](F)[C@@H]3O)cc2n1. The first kappa shape index (κ1) is 23.8. The third-order valence-corrected chi connectivity index (χ3v) is 7.40. The number of nitrogens with two attached hydrogens (primary N) is 1. The van der Waals surface area contributed by atoms with Gasteiger partial charge in [-0.15, -0.1) is 0 Å². The second kappa shape index (κ2) is 9.40. The molecule has 5 atom stereocenters. The van der Waals surface area contributed by atoms with Crippen molar-refractivity contribution in [1.29, 1.82) is 0 Å². The summed E-state index contributed by atoms with van der Waals surface area (Å²) in [6.45, 7) is 1.81. The summed E-state index contributed by atoms with van der Waals surface area (Å²) in [5, 5.41) is 15.4. The van der Waals surface area contributed by atoms with E-state index in [1.807, 2.05) is 36.5 Å². The minimum atomic E-state index is -1.67. The Balaban J connectivity index is 1.24. The van der Waals surface area contributed by atoms with Crippen LogP contribution >= 0.6 is 0 Å². The van der Waals surface area contributed by atoms with Crippen molar-refractivity contribution >= 4 is 33.6 Å². The third kappa shape index (κ3) is 4.22. The standard InChI is InChI=1S/C26H30FN7O3/c1-29-20-6-4-14-3-5-16(9-18(14)32-20)36-12-19-23(35)22(27)26(37-19)34-11-17(15-7-8-33(2)10-15)21-24(28)30-13-31-25(21)34/h3-6,9,11,13,15,19,22-23,26,35H,7-8,10,12H2,1-2H3,(H,29,32)(H2,28,30,31)/t15?,19-,22+,23-,26-/m1/s1. The van der Waals surface area contributed by atoms with E-state index in [4.69, 9.17) is 15.2 Å². The Labute approximate surface area is 213 Å². The molecule has 194 valence electrons. The van der Waals surface area contributed by atoms with Crippen LogP contribution in [0, 0.1) is 0 Å². The minimum Gasteiger partial charge on any atom is -0.491 e. The molecule has 0 radical (unpaired) electrons. The van der Waals surface area contributed by atoms with Crippen LogP contribution in [0.3, 0.4) is 0 Å². The number of halogens is 1. The predicted molar refractivity (Wildman–Crippen MR) is 138 cm³/mol. The van der Waals surface area contributed by atoms with Gasteiger partial charge < -0.3 is 35.1 Å². The van der Waals surface area contributed by atoms with Crippen molar-refractivity contribution < 1.29 is 19.0 Å². The van der Waals surface area contributed by atoms with Crippen LogP contribution in [0.1, 0.15) is 24.1 Å². The van der Waals surface area contributed by atoms with E-state index in [0.717, 1.165) is 47.2 Å². The highest BCUT2D eigenvalue weighted by molar-refractivity contribution is 5.90. The second-order valence-electron chi connectivity index (χ2n) is 9.81. The number of likely N-dealkylation sites (N-methyl/N-ethyl adjacent to an activating group) is 1. The zero-order valence-corrected chi connectivity index (χ0v) is 20.7. The molecule has 5 heterocycles. The van der Waals surface area contributed by atoms with Gasteiger partial charge in [0.25, 0.3) is 0 Å². The zero-order valence-electron chi connectivity index (χ0n) is 20.7. The molecule has 1 unspecified atom stereocenters. The van der Waals surface area contributed by atoms with E-state index >= 15 is 4.39 Å². The van der Waals surface area contributed by atoms with Gasteiger partial charge in [0, 0.05) is 37.2 Å². The van der Waals surface area contributed by atoms with Crippen molar-refractivity contribution in [1.82, 2.24) is 24.4 Å². The molecule has 2 fully saturated rings. The van der Waals surface area contributed by atoms with Gasteiger partial charge in [-0.25, -0.2) is 19.3 Å². The van der Waals surface area contributed by atoms with Gasteiger partial charge >= 0.3 is 0 Å². The second-order valence-corrected chi connectivity index (χ2v) is 9.81. The summed E-state index contributed by atoms with van der Waals surface area (Å²) in [5.41, 5.74) is 8.48. The van der Waals surface area contributed by atoms with Gasteiger partial charge in [-0.3, -0.25) is 0 Å². The summed E-state index contributed by atoms with van der Waals surface area (Å²) in [7, 11) is 3.88. The summed E-state index contributed by atoms with van der Waals surface area (Å²) in [6, 6.07) is 9.40. The van der Waals surface area contributed by atoms with Crippen LogP contribution < -0.4 is 15.8 Å². The molecule has 4 aromatic rings. The van der Waals surface area contributed by atoms with Gasteiger partial charge in [-0.05, 0) is 49.8 Å². The lowest BCUT2D eigenvalue weighted by atomic mass is 9.99. The molecule has 0 bridgehead atoms. The molecule has 10 nitrogen and oxygen atoms in total. The number of pyridine rings is 1. The number of aliphatic hydroxyl groups excluding tert-OH is 1. The fourth-order valence-electron chi connectivity index (χ4n) is 5.40. The molecule has 11 heteroatoms. The first-order chi connectivity index (χ1) is 17.9. The highest BCUT2D eigenvalue weighted by atomic mass is 19.1. The summed E-state index contributed by atoms with van der Waals surface area (Å²) in [5.74, 6) is 1.89. The zero-order chi connectivity index (χ0) is 25.7. The van der Waals surface area contributed by atoms with Crippen LogP contribution in [0.5, 0.6) is 5.75 Å². The van der Waals surface area contributed by atoms with Gasteiger partial charge in [0.2, 0.25) is 0 Å². The Hall–Kier alpha value is -3.54. The highest BCUT2D eigenvalue weighted by Crippen LogP contribution is 2.40. The van der Waals surface area contributed by atoms with E-state index in [0.29, 0.717) is 17.2 Å². The molecule has 0 saturated carbocycles. The fourth-order valence-corrected chi connectivity index (χ4v) is 5.40. The monoisotopic (exact) mass is 507 g/mol. The first-order valence-electron chi connectivity index (χ1n) is 12.4. The lowest BCUT2D eigenvalue weighted by Gasteiger charge is -2.17. The maximum atomic E-state index is 15.5. The number of alkyl halides is 1. The van der Waals surface area contributed by atoms with E-state index in [9.17, 15) is 5.11 Å². The number of nitrogens with one attached hydrogen (secondary N) is 1. The van der Waals surface area contributed by atoms with Crippen LogP contribution in [-0.4, -0.2) is 81.7 Å².